The number of hydrogen-bond donors (Lipinski definition) is 1. The van der Waals surface area contributed by atoms with Gasteiger partial charge in [0.25, 0.3) is 0 Å². The molecule has 0 radical (unpaired) electrons. The maximum atomic E-state index is 13.8. The van der Waals surface area contributed by atoms with Gasteiger partial charge >= 0.3 is 0 Å². The minimum atomic E-state index is -0.837. The molecule has 3 aliphatic carbocycles. The summed E-state index contributed by atoms with van der Waals surface area (Å²) < 4.78 is 3.88. The Morgan fingerprint density at radius 1 is 0.939 bits per heavy atom. The number of ether oxygens (including phenoxy) is 1. The normalized spacial score (nSPS) is 33.6. The third kappa shape index (κ3) is 2.77. The van der Waals surface area contributed by atoms with Gasteiger partial charge in [-0.3, -0.25) is 19.3 Å². The molecular weight excluding hydrogens is 552 g/mol. The van der Waals surface area contributed by atoms with Gasteiger partial charge in [-0.05, 0) is 35.1 Å². The van der Waals surface area contributed by atoms with Crippen molar-refractivity contribution in [1.82, 2.24) is 10.2 Å². The summed E-state index contributed by atoms with van der Waals surface area (Å²) in [6.07, 6.45) is 1.88. The lowest BCUT2D eigenvalue weighted by Gasteiger charge is -2.55. The second-order valence-corrected chi connectivity index (χ2v) is 11.7. The molecule has 2 heterocycles. The van der Waals surface area contributed by atoms with Gasteiger partial charge in [0.15, 0.2) is 0 Å². The van der Waals surface area contributed by atoms with E-state index < -0.39 is 20.5 Å². The third-order valence-corrected chi connectivity index (χ3v) is 10.2. The van der Waals surface area contributed by atoms with Crippen LogP contribution >= 0.6 is 31.9 Å². The predicted molar refractivity (Wildman–Crippen MR) is 128 cm³/mol. The van der Waals surface area contributed by atoms with E-state index in [0.29, 0.717) is 13.2 Å². The fourth-order valence-corrected chi connectivity index (χ4v) is 8.42. The van der Waals surface area contributed by atoms with Gasteiger partial charge in [-0.15, -0.1) is 0 Å². The third-order valence-electron chi connectivity index (χ3n) is 7.53. The van der Waals surface area contributed by atoms with E-state index in [9.17, 15) is 14.4 Å². The first-order chi connectivity index (χ1) is 15.9. The van der Waals surface area contributed by atoms with E-state index in [4.69, 9.17) is 4.74 Å². The van der Waals surface area contributed by atoms with Gasteiger partial charge in [-0.1, -0.05) is 80.4 Å². The molecule has 2 aromatic carbocycles. The van der Waals surface area contributed by atoms with Crippen LogP contribution in [-0.4, -0.2) is 48.4 Å². The monoisotopic (exact) mass is 572 g/mol. The van der Waals surface area contributed by atoms with Gasteiger partial charge < -0.3 is 10.1 Å². The molecule has 170 valence electrons. The van der Waals surface area contributed by atoms with Gasteiger partial charge in [-0.25, -0.2) is 0 Å². The second kappa shape index (κ2) is 7.48. The topological polar surface area (TPSA) is 75.7 Å². The lowest BCUT2D eigenvalue weighted by Crippen LogP contribution is -2.56. The highest BCUT2D eigenvalue weighted by molar-refractivity contribution is 9.10. The van der Waals surface area contributed by atoms with Crippen molar-refractivity contribution in [2.75, 3.05) is 19.7 Å². The molecule has 0 aromatic heterocycles. The van der Waals surface area contributed by atoms with Crippen LogP contribution in [-0.2, 0) is 27.8 Å². The molecule has 1 N–H and O–H groups in total. The number of likely N-dealkylation sites (tertiary alicyclic amines) is 1. The summed E-state index contributed by atoms with van der Waals surface area (Å²) in [6.45, 7) is 0.814. The predicted octanol–water partition coefficient (Wildman–Crippen LogP) is 3.19. The molecule has 3 atom stereocenters. The zero-order valence-corrected chi connectivity index (χ0v) is 20.9. The first kappa shape index (κ1) is 21.5. The van der Waals surface area contributed by atoms with E-state index in [0.717, 1.165) is 40.0 Å². The number of amides is 3. The van der Waals surface area contributed by atoms with Gasteiger partial charge in [0.1, 0.15) is 6.54 Å². The van der Waals surface area contributed by atoms with Gasteiger partial charge in [-0.2, -0.15) is 0 Å². The summed E-state index contributed by atoms with van der Waals surface area (Å²) in [7, 11) is 0. The van der Waals surface area contributed by atoms with Crippen molar-refractivity contribution >= 4 is 49.6 Å². The van der Waals surface area contributed by atoms with Crippen molar-refractivity contribution in [3.05, 3.63) is 70.8 Å². The summed E-state index contributed by atoms with van der Waals surface area (Å²) >= 11 is 7.92. The molecule has 2 bridgehead atoms. The lowest BCUT2D eigenvalue weighted by atomic mass is 9.54. The van der Waals surface area contributed by atoms with Crippen molar-refractivity contribution in [3.8, 4) is 0 Å². The van der Waals surface area contributed by atoms with Crippen LogP contribution in [0.4, 0.5) is 0 Å². The van der Waals surface area contributed by atoms with E-state index >= 15 is 0 Å². The number of carbonyl (C=O) groups is 3. The Hall–Kier alpha value is -2.03. The number of rotatable bonds is 4. The fraction of sp³-hybridized carbons (Fsp3) is 0.400. The highest BCUT2D eigenvalue weighted by atomic mass is 79.9. The summed E-state index contributed by atoms with van der Waals surface area (Å²) in [6, 6.07) is 15.9. The highest BCUT2D eigenvalue weighted by Gasteiger charge is 2.72. The Morgan fingerprint density at radius 3 is 1.85 bits per heavy atom. The minimum Gasteiger partial charge on any atom is -0.376 e. The average molecular weight is 574 g/mol. The molecule has 5 aliphatic rings. The zero-order valence-electron chi connectivity index (χ0n) is 17.7. The van der Waals surface area contributed by atoms with E-state index in [1.807, 2.05) is 48.5 Å². The zero-order chi connectivity index (χ0) is 23.0. The molecule has 0 unspecified atom stereocenters. The number of nitrogens with zero attached hydrogens (tertiary/aromatic N) is 1. The molecule has 7 rings (SSSR count). The molecular formula is C25H22Br2N2O4. The smallest absolute Gasteiger partial charge is 0.240 e. The van der Waals surface area contributed by atoms with Crippen LogP contribution in [0, 0.1) is 11.8 Å². The number of imide groups is 1. The quantitative estimate of drug-likeness (QED) is 0.450. The molecule has 6 nitrogen and oxygen atoms in total. The van der Waals surface area contributed by atoms with E-state index in [1.165, 1.54) is 0 Å². The molecule has 0 saturated carbocycles. The average Bonchev–Trinajstić information content (AvgIpc) is 3.44. The van der Waals surface area contributed by atoms with Crippen LogP contribution in [0.25, 0.3) is 0 Å². The lowest BCUT2D eigenvalue weighted by molar-refractivity contribution is -0.143. The van der Waals surface area contributed by atoms with Crippen molar-refractivity contribution in [2.45, 2.75) is 27.6 Å². The van der Waals surface area contributed by atoms with Crippen molar-refractivity contribution in [3.63, 3.8) is 0 Å². The van der Waals surface area contributed by atoms with Crippen LogP contribution in [0.3, 0.4) is 0 Å². The Labute approximate surface area is 208 Å². The number of hydrogen-bond acceptors (Lipinski definition) is 4. The number of nitrogens with one attached hydrogen (secondary N) is 1. The van der Waals surface area contributed by atoms with Crippen molar-refractivity contribution in [2.24, 2.45) is 11.8 Å². The van der Waals surface area contributed by atoms with Gasteiger partial charge in [0.05, 0.1) is 26.6 Å². The molecule has 0 spiro atoms. The fourth-order valence-electron chi connectivity index (χ4n) is 6.11. The van der Waals surface area contributed by atoms with Crippen LogP contribution in [0.5, 0.6) is 0 Å². The number of benzene rings is 2. The number of carbonyl (C=O) groups excluding carboxylic acids is 3. The van der Waals surface area contributed by atoms with Crippen LogP contribution < -0.4 is 5.32 Å². The van der Waals surface area contributed by atoms with Crippen LogP contribution in [0.1, 0.15) is 35.1 Å². The Balaban J connectivity index is 1.38. The molecule has 2 saturated heterocycles. The minimum absolute atomic E-state index is 0.00187. The first-order valence-electron chi connectivity index (χ1n) is 11.2. The van der Waals surface area contributed by atoms with Crippen LogP contribution in [0.2, 0.25) is 0 Å². The van der Waals surface area contributed by atoms with E-state index in [1.54, 1.807) is 0 Å². The standard InChI is InChI=1S/C25H22Br2N2O4/c26-24-15-7-1-2-8-16(15)25(27,18-10-4-3-9-17(18)24)21-20(24)22(31)29(23(21)32)13-19(30)28-12-14-6-5-11-33-14/h1-4,7-10,14,20-21H,5-6,11-13H2,(H,28,30)/t14-,20-,21+,24?,25?/m0/s1. The first-order valence-corrected chi connectivity index (χ1v) is 12.8. The van der Waals surface area contributed by atoms with Gasteiger partial charge in [0, 0.05) is 13.2 Å². The Morgan fingerprint density at radius 2 is 1.42 bits per heavy atom. The summed E-state index contributed by atoms with van der Waals surface area (Å²) in [4.78, 5) is 41.3. The molecule has 2 fully saturated rings. The van der Waals surface area contributed by atoms with Gasteiger partial charge in [0.2, 0.25) is 17.7 Å². The number of halogens is 2. The van der Waals surface area contributed by atoms with E-state index in [-0.39, 0.29) is 30.4 Å². The SMILES string of the molecule is O=C(CN1C(=O)[C@@H]2[C@H](C1=O)C1(Br)c3ccccc3C2(Br)c2ccccc21)NC[C@@H]1CCCO1. The van der Waals surface area contributed by atoms with Crippen molar-refractivity contribution < 1.29 is 19.1 Å². The Bertz CT molecular complexity index is 1070. The second-order valence-electron chi connectivity index (χ2n) is 9.17. The number of alkyl halides is 2. The molecule has 3 amide bonds. The maximum Gasteiger partial charge on any atom is 0.240 e. The van der Waals surface area contributed by atoms with Crippen molar-refractivity contribution in [1.29, 1.82) is 0 Å². The van der Waals surface area contributed by atoms with E-state index in [2.05, 4.69) is 37.2 Å². The molecule has 8 heteroatoms. The maximum absolute atomic E-state index is 13.8. The van der Waals surface area contributed by atoms with Crippen LogP contribution in [0.15, 0.2) is 48.5 Å². The Kier molecular flexibility index (Phi) is 4.88. The summed E-state index contributed by atoms with van der Waals surface area (Å²) in [5.74, 6) is -2.29. The molecule has 33 heavy (non-hydrogen) atoms. The molecule has 2 aliphatic heterocycles. The summed E-state index contributed by atoms with van der Waals surface area (Å²) in [5.41, 5.74) is 3.92. The summed E-state index contributed by atoms with van der Waals surface area (Å²) in [5, 5.41) is 2.83. The highest BCUT2D eigenvalue weighted by Crippen LogP contribution is 2.70. The largest absolute Gasteiger partial charge is 0.376 e. The molecule has 2 aromatic rings.